The molecule has 190 valence electrons. The lowest BCUT2D eigenvalue weighted by molar-refractivity contribution is -0.137. The lowest BCUT2D eigenvalue weighted by Gasteiger charge is -2.22. The predicted molar refractivity (Wildman–Crippen MR) is 131 cm³/mol. The monoisotopic (exact) mass is 504 g/mol. The average molecular weight is 504 g/mol. The van der Waals surface area contributed by atoms with Crippen molar-refractivity contribution in [3.63, 3.8) is 0 Å². The molecule has 12 heteroatoms. The number of carbonyl (C=O) groups is 1. The van der Waals surface area contributed by atoms with Gasteiger partial charge < -0.3 is 30.2 Å². The fourth-order valence-corrected chi connectivity index (χ4v) is 3.45. The van der Waals surface area contributed by atoms with Crippen LogP contribution in [0.2, 0.25) is 0 Å². The molecule has 0 atom stereocenters. The summed E-state index contributed by atoms with van der Waals surface area (Å²) >= 11 is 0. The van der Waals surface area contributed by atoms with Gasteiger partial charge in [-0.15, -0.1) is 0 Å². The number of nitrogens with one attached hydrogen (secondary N) is 3. The van der Waals surface area contributed by atoms with E-state index in [4.69, 9.17) is 4.42 Å². The molecule has 0 saturated carbocycles. The fraction of sp³-hybridized carbons (Fsp3) is 0.250. The Labute approximate surface area is 204 Å². The molecule has 2 heterocycles. The molecule has 1 aliphatic heterocycles. The molecule has 4 rings (SSSR count). The van der Waals surface area contributed by atoms with Gasteiger partial charge in [0.2, 0.25) is 5.88 Å². The third-order valence-electron chi connectivity index (χ3n) is 5.30. The van der Waals surface area contributed by atoms with E-state index in [1.54, 1.807) is 30.6 Å². The first kappa shape index (κ1) is 25.0. The molecular formula is C24H24F4N6O2. The first-order valence-corrected chi connectivity index (χ1v) is 11.0. The van der Waals surface area contributed by atoms with E-state index in [2.05, 4.69) is 25.8 Å². The van der Waals surface area contributed by atoms with Gasteiger partial charge in [-0.3, -0.25) is 0 Å². The van der Waals surface area contributed by atoms with Gasteiger partial charge in [-0.25, -0.2) is 14.2 Å². The van der Waals surface area contributed by atoms with Crippen molar-refractivity contribution in [1.29, 1.82) is 0 Å². The molecule has 0 aliphatic carbocycles. The molecular weight excluding hydrogens is 480 g/mol. The van der Waals surface area contributed by atoms with Crippen molar-refractivity contribution in [2.45, 2.75) is 12.7 Å². The maximum atomic E-state index is 13.9. The number of rotatable bonds is 7. The normalized spacial score (nSPS) is 13.0. The Bertz CT molecular complexity index is 1250. The minimum atomic E-state index is -4.66. The average Bonchev–Trinajstić information content (AvgIpc) is 3.22. The third-order valence-corrected chi connectivity index (χ3v) is 5.30. The molecule has 1 aliphatic rings. The lowest BCUT2D eigenvalue weighted by Crippen LogP contribution is -2.23. The maximum Gasteiger partial charge on any atom is 0.416 e. The Balaban J connectivity index is 1.35. The van der Waals surface area contributed by atoms with Crippen LogP contribution in [0.5, 0.6) is 0 Å². The number of likely N-dealkylation sites (N-methyl/N-ethyl adjacent to an activating group) is 1. The van der Waals surface area contributed by atoms with Crippen molar-refractivity contribution in [2.75, 3.05) is 48.0 Å². The molecule has 0 saturated heterocycles. The Hall–Kier alpha value is -4.06. The number of fused-ring (bicyclic) bond motifs is 1. The van der Waals surface area contributed by atoms with Crippen molar-refractivity contribution in [3.8, 4) is 0 Å². The summed E-state index contributed by atoms with van der Waals surface area (Å²) in [6.45, 7) is 2.11. The van der Waals surface area contributed by atoms with Crippen LogP contribution in [-0.4, -0.2) is 44.5 Å². The van der Waals surface area contributed by atoms with Crippen molar-refractivity contribution in [1.82, 2.24) is 4.90 Å². The predicted octanol–water partition coefficient (Wildman–Crippen LogP) is 5.74. The third kappa shape index (κ3) is 6.13. The van der Waals surface area contributed by atoms with Gasteiger partial charge in [-0.2, -0.15) is 13.2 Å². The summed E-state index contributed by atoms with van der Waals surface area (Å²) in [5, 5.41) is 7.80. The topological polar surface area (TPSA) is 85.1 Å². The van der Waals surface area contributed by atoms with Crippen LogP contribution in [0.3, 0.4) is 0 Å². The van der Waals surface area contributed by atoms with Crippen LogP contribution < -0.4 is 20.9 Å². The minimum Gasteiger partial charge on any atom is -0.423 e. The van der Waals surface area contributed by atoms with Crippen LogP contribution >= 0.6 is 0 Å². The van der Waals surface area contributed by atoms with Gasteiger partial charge in [0.25, 0.3) is 0 Å². The zero-order chi connectivity index (χ0) is 25.9. The quantitative estimate of drug-likeness (QED) is 0.358. The van der Waals surface area contributed by atoms with Crippen LogP contribution in [0, 0.1) is 5.82 Å². The van der Waals surface area contributed by atoms with Gasteiger partial charge in [0, 0.05) is 36.1 Å². The van der Waals surface area contributed by atoms with E-state index in [9.17, 15) is 22.4 Å². The summed E-state index contributed by atoms with van der Waals surface area (Å²) in [6, 6.07) is 9.55. The molecule has 2 aromatic carbocycles. The molecule has 0 spiro atoms. The molecule has 2 amide bonds. The highest BCUT2D eigenvalue weighted by Crippen LogP contribution is 2.33. The molecule has 0 bridgehead atoms. The number of halogens is 4. The standard InChI is InChI=1S/C24H24F4N6O2/c1-33(2)10-9-29-21-11-15-13-34(14-30-22(15)36-21)18-6-4-17(5-7-18)31-23(35)32-20-12-16(24(26,27)28)3-8-19(20)25/h3-8,11-12,14,29H,9-10,13H2,1-2H3,(H2,31,32,35). The second-order valence-corrected chi connectivity index (χ2v) is 8.36. The summed E-state index contributed by atoms with van der Waals surface area (Å²) < 4.78 is 58.2. The molecule has 0 fully saturated rings. The zero-order valence-electron chi connectivity index (χ0n) is 19.5. The van der Waals surface area contributed by atoms with E-state index < -0.39 is 29.3 Å². The highest BCUT2D eigenvalue weighted by atomic mass is 19.4. The SMILES string of the molecule is CN(C)CCNc1cc2c(o1)N=CN(c1ccc(NC(=O)Nc3cc(C(F)(F)F)ccc3F)cc1)C2. The second-order valence-electron chi connectivity index (χ2n) is 8.36. The number of urea groups is 1. The summed E-state index contributed by atoms with van der Waals surface area (Å²) in [4.78, 5) is 20.5. The van der Waals surface area contributed by atoms with Crippen LogP contribution in [-0.2, 0) is 12.7 Å². The number of furan rings is 1. The minimum absolute atomic E-state index is 0.369. The van der Waals surface area contributed by atoms with Crippen LogP contribution in [0.25, 0.3) is 0 Å². The number of amides is 2. The fourth-order valence-electron chi connectivity index (χ4n) is 3.45. The Kier molecular flexibility index (Phi) is 7.15. The van der Waals surface area contributed by atoms with Gasteiger partial charge in [0.15, 0.2) is 5.88 Å². The van der Waals surface area contributed by atoms with Crippen molar-refractivity contribution in [3.05, 3.63) is 65.5 Å². The zero-order valence-corrected chi connectivity index (χ0v) is 19.5. The van der Waals surface area contributed by atoms with Crippen LogP contribution in [0.15, 0.2) is 57.9 Å². The van der Waals surface area contributed by atoms with Gasteiger partial charge in [-0.05, 0) is 56.6 Å². The Morgan fingerprint density at radius 2 is 1.86 bits per heavy atom. The summed E-state index contributed by atoms with van der Waals surface area (Å²) in [6.07, 6.45) is -3.02. The smallest absolute Gasteiger partial charge is 0.416 e. The van der Waals surface area contributed by atoms with Gasteiger partial charge >= 0.3 is 12.2 Å². The molecule has 3 N–H and O–H groups in total. The molecule has 0 radical (unpaired) electrons. The first-order valence-electron chi connectivity index (χ1n) is 11.0. The van der Waals surface area contributed by atoms with E-state index in [-0.39, 0.29) is 0 Å². The number of aliphatic imine (C=N–C) groups is 1. The summed E-state index contributed by atoms with van der Waals surface area (Å²) in [5.74, 6) is 0.201. The summed E-state index contributed by atoms with van der Waals surface area (Å²) in [5.41, 5.74) is 0.435. The summed E-state index contributed by atoms with van der Waals surface area (Å²) in [7, 11) is 3.97. The number of hydrogen-bond acceptors (Lipinski definition) is 6. The maximum absolute atomic E-state index is 13.9. The van der Waals surface area contributed by atoms with E-state index in [0.29, 0.717) is 42.2 Å². The number of nitrogens with zero attached hydrogens (tertiary/aromatic N) is 3. The van der Waals surface area contributed by atoms with Gasteiger partial charge in [-0.1, -0.05) is 0 Å². The van der Waals surface area contributed by atoms with Gasteiger partial charge in [0.05, 0.1) is 24.1 Å². The lowest BCUT2D eigenvalue weighted by atomic mass is 10.2. The van der Waals surface area contributed by atoms with E-state index in [0.717, 1.165) is 24.3 Å². The van der Waals surface area contributed by atoms with Crippen molar-refractivity contribution in [2.24, 2.45) is 4.99 Å². The highest BCUT2D eigenvalue weighted by Gasteiger charge is 2.31. The second kappa shape index (κ2) is 10.3. The van der Waals surface area contributed by atoms with Crippen molar-refractivity contribution >= 4 is 41.2 Å². The number of anilines is 4. The molecule has 8 nitrogen and oxygen atoms in total. The number of benzene rings is 2. The van der Waals surface area contributed by atoms with Crippen LogP contribution in [0.1, 0.15) is 11.1 Å². The molecule has 1 aromatic heterocycles. The van der Waals surface area contributed by atoms with E-state index >= 15 is 0 Å². The van der Waals surface area contributed by atoms with Gasteiger partial charge in [0.1, 0.15) is 5.82 Å². The molecule has 36 heavy (non-hydrogen) atoms. The Morgan fingerprint density at radius 1 is 1.11 bits per heavy atom. The van der Waals surface area contributed by atoms with E-state index in [1.807, 2.05) is 25.1 Å². The Morgan fingerprint density at radius 3 is 2.56 bits per heavy atom. The largest absolute Gasteiger partial charge is 0.423 e. The number of alkyl halides is 3. The van der Waals surface area contributed by atoms with E-state index in [1.165, 1.54) is 0 Å². The van der Waals surface area contributed by atoms with Crippen LogP contribution in [0.4, 0.5) is 51.2 Å². The first-order chi connectivity index (χ1) is 17.1. The molecule has 0 unspecified atom stereocenters. The number of hydrogen-bond donors (Lipinski definition) is 3. The van der Waals surface area contributed by atoms with Crippen molar-refractivity contribution < 1.29 is 26.8 Å². The molecule has 3 aromatic rings. The number of carbonyl (C=O) groups excluding carboxylic acids is 1. The highest BCUT2D eigenvalue weighted by molar-refractivity contribution is 6.00.